The van der Waals surface area contributed by atoms with Gasteiger partial charge in [0, 0.05) is 49.8 Å². The molecule has 0 aromatic carbocycles. The van der Waals surface area contributed by atoms with Gasteiger partial charge in [0.1, 0.15) is 5.82 Å². The second-order valence-corrected chi connectivity index (χ2v) is 7.19. The maximum Gasteiger partial charge on any atom is 0.227 e. The minimum atomic E-state index is -0.0447. The lowest BCUT2D eigenvalue weighted by Gasteiger charge is -2.34. The Bertz CT molecular complexity index is 578. The average molecular weight is 350 g/mol. The molecule has 7 heteroatoms. The number of carbonyl (C=O) groups excluding carboxylic acids is 1. The first kappa shape index (κ1) is 18.6. The summed E-state index contributed by atoms with van der Waals surface area (Å²) in [6.07, 6.45) is 1.55. The van der Waals surface area contributed by atoms with Gasteiger partial charge in [-0.3, -0.25) is 9.79 Å². The van der Waals surface area contributed by atoms with Gasteiger partial charge in [-0.15, -0.1) is 0 Å². The number of amides is 1. The van der Waals surface area contributed by atoms with E-state index in [1.165, 1.54) is 6.42 Å². The van der Waals surface area contributed by atoms with E-state index in [0.29, 0.717) is 24.0 Å². The molecular formula is C17H27N5OS. The number of carbonyl (C=O) groups is 1. The van der Waals surface area contributed by atoms with E-state index in [9.17, 15) is 4.79 Å². The highest BCUT2D eigenvalue weighted by molar-refractivity contribution is 8.00. The molecule has 1 aliphatic heterocycles. The van der Waals surface area contributed by atoms with Gasteiger partial charge >= 0.3 is 0 Å². The van der Waals surface area contributed by atoms with E-state index in [2.05, 4.69) is 32.4 Å². The molecule has 0 radical (unpaired) electrons. The van der Waals surface area contributed by atoms with Crippen molar-refractivity contribution in [2.45, 2.75) is 31.9 Å². The van der Waals surface area contributed by atoms with Gasteiger partial charge in [0.2, 0.25) is 5.91 Å². The lowest BCUT2D eigenvalue weighted by Crippen LogP contribution is -2.48. The summed E-state index contributed by atoms with van der Waals surface area (Å²) in [6.45, 7) is 6.70. The fourth-order valence-corrected chi connectivity index (χ4v) is 3.78. The molecular weight excluding hydrogens is 322 g/mol. The maximum absolute atomic E-state index is 12.0. The number of rotatable bonds is 5. The number of nitrogens with one attached hydrogen (secondary N) is 2. The first-order valence-corrected chi connectivity index (χ1v) is 9.48. The van der Waals surface area contributed by atoms with Crippen LogP contribution >= 0.6 is 11.8 Å². The zero-order chi connectivity index (χ0) is 17.4. The first-order valence-electron chi connectivity index (χ1n) is 8.43. The number of aromatic nitrogens is 1. The lowest BCUT2D eigenvalue weighted by molar-refractivity contribution is -0.116. The van der Waals surface area contributed by atoms with E-state index in [4.69, 9.17) is 0 Å². The Kier molecular flexibility index (Phi) is 7.36. The van der Waals surface area contributed by atoms with Gasteiger partial charge < -0.3 is 15.5 Å². The third-order valence-electron chi connectivity index (χ3n) is 3.90. The number of thioether (sulfide) groups is 1. The minimum absolute atomic E-state index is 0.0447. The van der Waals surface area contributed by atoms with Crippen molar-refractivity contribution in [1.82, 2.24) is 15.2 Å². The van der Waals surface area contributed by atoms with Crippen LogP contribution in [0.25, 0.3) is 0 Å². The van der Waals surface area contributed by atoms with Crippen LogP contribution in [-0.2, 0) is 4.79 Å². The van der Waals surface area contributed by atoms with Crippen LogP contribution in [-0.4, -0.2) is 59.4 Å². The molecule has 1 fully saturated rings. The predicted octanol–water partition coefficient (Wildman–Crippen LogP) is 2.12. The molecule has 1 aromatic rings. The molecule has 1 atom stereocenters. The molecule has 1 saturated heterocycles. The first-order chi connectivity index (χ1) is 11.6. The number of hydrogen-bond donors (Lipinski definition) is 2. The highest BCUT2D eigenvalue weighted by atomic mass is 32.2. The summed E-state index contributed by atoms with van der Waals surface area (Å²) in [5.74, 6) is 2.56. The number of nitrogens with zero attached hydrogens (tertiary/aromatic N) is 3. The number of aliphatic imine (C=N–C) groups is 1. The van der Waals surface area contributed by atoms with Crippen molar-refractivity contribution in [3.63, 3.8) is 0 Å². The molecule has 1 aromatic heterocycles. The van der Waals surface area contributed by atoms with Gasteiger partial charge in [0.05, 0.1) is 0 Å². The second-order valence-electron chi connectivity index (χ2n) is 5.78. The highest BCUT2D eigenvalue weighted by Crippen LogP contribution is 2.20. The SMILES string of the molecule is CCC1CN(C(=NC)NCCC(=O)Nc2cccc(C)n2)CCS1. The van der Waals surface area contributed by atoms with Crippen LogP contribution in [0.15, 0.2) is 23.2 Å². The van der Waals surface area contributed by atoms with Crippen LogP contribution in [0, 0.1) is 6.92 Å². The monoisotopic (exact) mass is 349 g/mol. The molecule has 24 heavy (non-hydrogen) atoms. The van der Waals surface area contributed by atoms with Crippen molar-refractivity contribution in [1.29, 1.82) is 0 Å². The summed E-state index contributed by atoms with van der Waals surface area (Å²) < 4.78 is 0. The Morgan fingerprint density at radius 2 is 2.33 bits per heavy atom. The summed E-state index contributed by atoms with van der Waals surface area (Å²) in [5, 5.41) is 6.78. The Morgan fingerprint density at radius 1 is 1.50 bits per heavy atom. The smallest absolute Gasteiger partial charge is 0.227 e. The predicted molar refractivity (Wildman–Crippen MR) is 102 cm³/mol. The molecule has 6 nitrogen and oxygen atoms in total. The quantitative estimate of drug-likeness (QED) is 0.629. The fraction of sp³-hybridized carbons (Fsp3) is 0.588. The normalized spacial score (nSPS) is 18.4. The van der Waals surface area contributed by atoms with E-state index in [-0.39, 0.29) is 5.91 Å². The molecule has 0 aliphatic carbocycles. The average Bonchev–Trinajstić information content (AvgIpc) is 2.59. The van der Waals surface area contributed by atoms with Crippen molar-refractivity contribution < 1.29 is 4.79 Å². The summed E-state index contributed by atoms with van der Waals surface area (Å²) in [6, 6.07) is 5.59. The Morgan fingerprint density at radius 3 is 3.04 bits per heavy atom. The van der Waals surface area contributed by atoms with Crippen LogP contribution in [0.2, 0.25) is 0 Å². The fourth-order valence-electron chi connectivity index (χ4n) is 2.60. The molecule has 2 N–H and O–H groups in total. The molecule has 1 aliphatic rings. The van der Waals surface area contributed by atoms with Crippen molar-refractivity contribution >= 4 is 29.4 Å². The summed E-state index contributed by atoms with van der Waals surface area (Å²) in [7, 11) is 1.79. The van der Waals surface area contributed by atoms with Gasteiger partial charge in [-0.05, 0) is 25.5 Å². The molecule has 132 valence electrons. The number of pyridine rings is 1. The zero-order valence-electron chi connectivity index (χ0n) is 14.7. The number of aryl methyl sites for hydroxylation is 1. The van der Waals surface area contributed by atoms with Crippen LogP contribution in [0.3, 0.4) is 0 Å². The van der Waals surface area contributed by atoms with Crippen molar-refractivity contribution in [3.05, 3.63) is 23.9 Å². The second kappa shape index (κ2) is 9.52. The Labute approximate surface area is 148 Å². The van der Waals surface area contributed by atoms with E-state index < -0.39 is 0 Å². The van der Waals surface area contributed by atoms with Crippen molar-refractivity contribution in [2.24, 2.45) is 4.99 Å². The third kappa shape index (κ3) is 5.70. The molecule has 2 heterocycles. The van der Waals surface area contributed by atoms with E-state index in [0.717, 1.165) is 30.5 Å². The molecule has 1 unspecified atom stereocenters. The van der Waals surface area contributed by atoms with E-state index in [1.807, 2.05) is 30.8 Å². The third-order valence-corrected chi connectivity index (χ3v) is 5.27. The maximum atomic E-state index is 12.0. The zero-order valence-corrected chi connectivity index (χ0v) is 15.5. The molecule has 2 rings (SSSR count). The number of anilines is 1. The summed E-state index contributed by atoms with van der Waals surface area (Å²) >= 11 is 2.03. The minimum Gasteiger partial charge on any atom is -0.356 e. The van der Waals surface area contributed by atoms with Crippen LogP contribution in [0.1, 0.15) is 25.5 Å². The lowest BCUT2D eigenvalue weighted by atomic mass is 10.3. The molecule has 0 bridgehead atoms. The number of guanidine groups is 1. The van der Waals surface area contributed by atoms with Gasteiger partial charge in [0.15, 0.2) is 5.96 Å². The molecule has 1 amide bonds. The Hall–Kier alpha value is -1.76. The van der Waals surface area contributed by atoms with Gasteiger partial charge in [-0.1, -0.05) is 13.0 Å². The van der Waals surface area contributed by atoms with Gasteiger partial charge in [-0.2, -0.15) is 11.8 Å². The highest BCUT2D eigenvalue weighted by Gasteiger charge is 2.21. The standard InChI is InChI=1S/C17H27N5OS/c1-4-14-12-22(10-11-24-14)17(18-3)19-9-8-16(23)21-15-7-5-6-13(2)20-15/h5-7,14H,4,8-12H2,1-3H3,(H,18,19)(H,20,21,23). The van der Waals surface area contributed by atoms with Crippen molar-refractivity contribution in [3.8, 4) is 0 Å². The van der Waals surface area contributed by atoms with E-state index in [1.54, 1.807) is 13.1 Å². The number of hydrogen-bond acceptors (Lipinski definition) is 4. The molecule has 0 spiro atoms. The van der Waals surface area contributed by atoms with Crippen LogP contribution in [0.5, 0.6) is 0 Å². The van der Waals surface area contributed by atoms with Crippen LogP contribution < -0.4 is 10.6 Å². The van der Waals surface area contributed by atoms with Crippen molar-refractivity contribution in [2.75, 3.05) is 37.8 Å². The van der Waals surface area contributed by atoms with Gasteiger partial charge in [0.25, 0.3) is 0 Å². The largest absolute Gasteiger partial charge is 0.356 e. The molecule has 0 saturated carbocycles. The summed E-state index contributed by atoms with van der Waals surface area (Å²) in [4.78, 5) is 22.9. The van der Waals surface area contributed by atoms with Gasteiger partial charge in [-0.25, -0.2) is 4.98 Å². The summed E-state index contributed by atoms with van der Waals surface area (Å²) in [5.41, 5.74) is 0.889. The topological polar surface area (TPSA) is 69.6 Å². The van der Waals surface area contributed by atoms with E-state index >= 15 is 0 Å². The van der Waals surface area contributed by atoms with Crippen LogP contribution in [0.4, 0.5) is 5.82 Å². The Balaban J connectivity index is 1.76.